The number of carbonyl (C=O) groups excluding carboxylic acids is 1. The molecule has 2 heterocycles. The number of hydrogen-bond donors (Lipinski definition) is 1. The lowest BCUT2D eigenvalue weighted by atomic mass is 10.0. The lowest BCUT2D eigenvalue weighted by Gasteiger charge is -2.35. The van der Waals surface area contributed by atoms with Gasteiger partial charge in [0.05, 0.1) is 19.3 Å². The van der Waals surface area contributed by atoms with Crippen molar-refractivity contribution in [2.24, 2.45) is 0 Å². The molecule has 1 aromatic rings. The van der Waals surface area contributed by atoms with Crippen LogP contribution in [0.25, 0.3) is 0 Å². The smallest absolute Gasteiger partial charge is 0.317 e. The van der Waals surface area contributed by atoms with Crippen molar-refractivity contribution in [1.29, 1.82) is 0 Å². The van der Waals surface area contributed by atoms with Crippen LogP contribution in [-0.4, -0.2) is 60.8 Å². The molecule has 0 radical (unpaired) electrons. The van der Waals surface area contributed by atoms with Gasteiger partial charge in [0.15, 0.2) is 0 Å². The van der Waals surface area contributed by atoms with E-state index in [4.69, 9.17) is 4.74 Å². The molecule has 5 nitrogen and oxygen atoms in total. The van der Waals surface area contributed by atoms with E-state index in [2.05, 4.69) is 46.3 Å². The van der Waals surface area contributed by atoms with Crippen LogP contribution in [0.5, 0.6) is 0 Å². The summed E-state index contributed by atoms with van der Waals surface area (Å²) in [7, 11) is 0. The van der Waals surface area contributed by atoms with Gasteiger partial charge in [-0.25, -0.2) is 4.79 Å². The number of benzene rings is 1. The summed E-state index contributed by atoms with van der Waals surface area (Å²) in [5, 5.41) is 3.24. The number of amides is 2. The van der Waals surface area contributed by atoms with Crippen molar-refractivity contribution in [3.8, 4) is 0 Å². The van der Waals surface area contributed by atoms with Crippen LogP contribution in [0.3, 0.4) is 0 Å². The van der Waals surface area contributed by atoms with E-state index in [1.165, 1.54) is 30.4 Å². The molecule has 1 N–H and O–H groups in total. The zero-order chi connectivity index (χ0) is 17.3. The highest BCUT2D eigenvalue weighted by Crippen LogP contribution is 2.49. The number of likely N-dealkylation sites (tertiary alicyclic amines) is 1. The number of morpholine rings is 1. The summed E-state index contributed by atoms with van der Waals surface area (Å²) < 4.78 is 5.51. The molecule has 0 aromatic heterocycles. The zero-order valence-corrected chi connectivity index (χ0v) is 15.2. The van der Waals surface area contributed by atoms with Gasteiger partial charge in [-0.1, -0.05) is 29.8 Å². The molecule has 1 aromatic carbocycles. The van der Waals surface area contributed by atoms with E-state index in [1.54, 1.807) is 0 Å². The molecule has 3 aliphatic rings. The number of carbonyl (C=O) groups is 1. The van der Waals surface area contributed by atoms with Crippen molar-refractivity contribution in [3.63, 3.8) is 0 Å². The molecule has 0 bridgehead atoms. The van der Waals surface area contributed by atoms with Crippen molar-refractivity contribution in [2.45, 2.75) is 44.2 Å². The van der Waals surface area contributed by atoms with Gasteiger partial charge in [0.1, 0.15) is 0 Å². The summed E-state index contributed by atoms with van der Waals surface area (Å²) in [6.45, 7) is 7.08. The number of nitrogens with one attached hydrogen (secondary N) is 1. The summed E-state index contributed by atoms with van der Waals surface area (Å²) in [5.74, 6) is 0. The normalized spacial score (nSPS) is 23.6. The number of hydrogen-bond acceptors (Lipinski definition) is 3. The molecule has 136 valence electrons. The first-order chi connectivity index (χ1) is 12.2. The first kappa shape index (κ1) is 16.9. The Kier molecular flexibility index (Phi) is 4.69. The number of rotatable bonds is 4. The van der Waals surface area contributed by atoms with Gasteiger partial charge in [0.2, 0.25) is 0 Å². The third-order valence-corrected chi connectivity index (χ3v) is 6.03. The van der Waals surface area contributed by atoms with Gasteiger partial charge < -0.3 is 15.0 Å². The molecule has 1 atom stereocenters. The van der Waals surface area contributed by atoms with Crippen LogP contribution in [0.4, 0.5) is 4.79 Å². The van der Waals surface area contributed by atoms with Crippen LogP contribution < -0.4 is 5.32 Å². The highest BCUT2D eigenvalue weighted by atomic mass is 16.5. The number of ether oxygens (including phenoxy) is 1. The van der Waals surface area contributed by atoms with Crippen LogP contribution in [0.2, 0.25) is 0 Å². The summed E-state index contributed by atoms with van der Waals surface area (Å²) in [5.41, 5.74) is 2.75. The Morgan fingerprint density at radius 1 is 1.24 bits per heavy atom. The minimum absolute atomic E-state index is 0.126. The van der Waals surface area contributed by atoms with E-state index in [-0.39, 0.29) is 17.6 Å². The monoisotopic (exact) mass is 343 g/mol. The fourth-order valence-electron chi connectivity index (χ4n) is 4.42. The SMILES string of the molecule is Cc1cccc(C(CNC(=O)N2CCCC23CC3)N2CCOCC2)c1. The maximum absolute atomic E-state index is 12.8. The first-order valence-corrected chi connectivity index (χ1v) is 9.62. The number of aryl methyl sites for hydroxylation is 1. The maximum atomic E-state index is 12.8. The molecule has 25 heavy (non-hydrogen) atoms. The minimum atomic E-state index is 0.126. The molecule has 1 aliphatic carbocycles. The van der Waals surface area contributed by atoms with Gasteiger partial charge in [-0.15, -0.1) is 0 Å². The second-order valence-electron chi connectivity index (χ2n) is 7.74. The van der Waals surface area contributed by atoms with Gasteiger partial charge >= 0.3 is 6.03 Å². The van der Waals surface area contributed by atoms with Crippen molar-refractivity contribution in [3.05, 3.63) is 35.4 Å². The van der Waals surface area contributed by atoms with Crippen molar-refractivity contribution >= 4 is 6.03 Å². The second kappa shape index (κ2) is 6.96. The molecule has 2 amide bonds. The maximum Gasteiger partial charge on any atom is 0.317 e. The lowest BCUT2D eigenvalue weighted by Crippen LogP contribution is -2.48. The Labute approximate surface area is 150 Å². The standard InChI is InChI=1S/C20H29N3O2/c1-16-4-2-5-17(14-16)18(22-10-12-25-13-11-22)15-21-19(24)23-9-3-6-20(23)7-8-20/h2,4-5,14,18H,3,6-13,15H2,1H3,(H,21,24). The Bertz CT molecular complexity index is 623. The van der Waals surface area contributed by atoms with Crippen LogP contribution in [0.1, 0.15) is 42.9 Å². The van der Waals surface area contributed by atoms with Gasteiger partial charge in [0.25, 0.3) is 0 Å². The predicted molar refractivity (Wildman–Crippen MR) is 97.6 cm³/mol. The van der Waals surface area contributed by atoms with Gasteiger partial charge in [-0.05, 0) is 38.2 Å². The molecular formula is C20H29N3O2. The molecule has 2 aliphatic heterocycles. The highest BCUT2D eigenvalue weighted by molar-refractivity contribution is 5.76. The minimum Gasteiger partial charge on any atom is -0.379 e. The summed E-state index contributed by atoms with van der Waals surface area (Å²) >= 11 is 0. The zero-order valence-electron chi connectivity index (χ0n) is 15.2. The number of urea groups is 1. The summed E-state index contributed by atoms with van der Waals surface area (Å²) in [6, 6.07) is 8.99. The highest BCUT2D eigenvalue weighted by Gasteiger charge is 2.52. The molecule has 1 spiro atoms. The molecule has 4 rings (SSSR count). The van der Waals surface area contributed by atoms with E-state index in [0.717, 1.165) is 39.3 Å². The lowest BCUT2D eigenvalue weighted by molar-refractivity contribution is 0.0164. The molecular weight excluding hydrogens is 314 g/mol. The first-order valence-electron chi connectivity index (χ1n) is 9.62. The summed E-state index contributed by atoms with van der Waals surface area (Å²) in [6.07, 6.45) is 4.71. The topological polar surface area (TPSA) is 44.8 Å². The Hall–Kier alpha value is -1.59. The fraction of sp³-hybridized carbons (Fsp3) is 0.650. The number of nitrogens with zero attached hydrogens (tertiary/aromatic N) is 2. The molecule has 5 heteroatoms. The molecule has 2 saturated heterocycles. The Balaban J connectivity index is 1.45. The van der Waals surface area contributed by atoms with E-state index >= 15 is 0 Å². The van der Waals surface area contributed by atoms with Crippen LogP contribution in [0.15, 0.2) is 24.3 Å². The molecule has 3 fully saturated rings. The van der Waals surface area contributed by atoms with Crippen LogP contribution in [0, 0.1) is 6.92 Å². The van der Waals surface area contributed by atoms with Gasteiger partial charge in [-0.2, -0.15) is 0 Å². The third kappa shape index (κ3) is 3.53. The fourth-order valence-corrected chi connectivity index (χ4v) is 4.42. The second-order valence-corrected chi connectivity index (χ2v) is 7.74. The van der Waals surface area contributed by atoms with Crippen LogP contribution >= 0.6 is 0 Å². The Morgan fingerprint density at radius 3 is 2.76 bits per heavy atom. The molecule has 1 unspecified atom stereocenters. The summed E-state index contributed by atoms with van der Waals surface area (Å²) in [4.78, 5) is 17.3. The average molecular weight is 343 g/mol. The van der Waals surface area contributed by atoms with Crippen molar-refractivity contribution in [2.75, 3.05) is 39.4 Å². The van der Waals surface area contributed by atoms with Gasteiger partial charge in [0, 0.05) is 31.7 Å². The quantitative estimate of drug-likeness (QED) is 0.914. The van der Waals surface area contributed by atoms with Crippen molar-refractivity contribution < 1.29 is 9.53 Å². The van der Waals surface area contributed by atoms with E-state index in [0.29, 0.717) is 6.54 Å². The van der Waals surface area contributed by atoms with Crippen LogP contribution in [-0.2, 0) is 4.74 Å². The largest absolute Gasteiger partial charge is 0.379 e. The van der Waals surface area contributed by atoms with E-state index in [1.807, 2.05) is 0 Å². The van der Waals surface area contributed by atoms with E-state index in [9.17, 15) is 4.79 Å². The Morgan fingerprint density at radius 2 is 2.04 bits per heavy atom. The van der Waals surface area contributed by atoms with Gasteiger partial charge in [-0.3, -0.25) is 4.90 Å². The third-order valence-electron chi connectivity index (χ3n) is 6.03. The molecule has 1 saturated carbocycles. The predicted octanol–water partition coefficient (Wildman–Crippen LogP) is 2.71. The average Bonchev–Trinajstić information content (AvgIpc) is 3.27. The van der Waals surface area contributed by atoms with E-state index < -0.39 is 0 Å². The van der Waals surface area contributed by atoms with Crippen molar-refractivity contribution in [1.82, 2.24) is 15.1 Å².